The van der Waals surface area contributed by atoms with Crippen LogP contribution >= 0.6 is 11.3 Å². The van der Waals surface area contributed by atoms with Crippen LogP contribution in [0.3, 0.4) is 0 Å². The van der Waals surface area contributed by atoms with E-state index >= 15 is 0 Å². The summed E-state index contributed by atoms with van der Waals surface area (Å²) in [5.74, 6) is -1.35. The molecule has 49 heavy (non-hydrogen) atoms. The Morgan fingerprint density at radius 3 is 2.04 bits per heavy atom. The number of rotatable bonds is 8. The molecule has 2 heterocycles. The van der Waals surface area contributed by atoms with Crippen molar-refractivity contribution in [3.8, 4) is 11.3 Å². The fourth-order valence-electron chi connectivity index (χ4n) is 6.26. The average molecular weight is 859 g/mol. The number of aliphatic hydroxyl groups excluding tert-OH is 1. The summed E-state index contributed by atoms with van der Waals surface area (Å²) in [6.07, 6.45) is 6.22. The molecule has 261 valence electrons. The molecule has 0 fully saturated rings. The van der Waals surface area contributed by atoms with Crippen LogP contribution in [0.2, 0.25) is 0 Å². The smallest absolute Gasteiger partial charge is 0.168 e. The summed E-state index contributed by atoms with van der Waals surface area (Å²) >= 11 is 1.53. The Labute approximate surface area is 306 Å². The number of thiophene rings is 1. The summed E-state index contributed by atoms with van der Waals surface area (Å²) < 4.78 is 31.4. The van der Waals surface area contributed by atoms with Gasteiger partial charge in [-0.15, -0.1) is 40.5 Å². The van der Waals surface area contributed by atoms with E-state index < -0.39 is 11.6 Å². The monoisotopic (exact) mass is 859 g/mol. The summed E-state index contributed by atoms with van der Waals surface area (Å²) in [6, 6.07) is 19.3. The fourth-order valence-corrected chi connectivity index (χ4v) is 7.52. The fraction of sp³-hybridized carbons (Fsp3) is 0.381. The van der Waals surface area contributed by atoms with Crippen LogP contribution < -0.4 is 0 Å². The molecule has 0 unspecified atom stereocenters. The molecule has 0 atom stereocenters. The molecule has 0 saturated carbocycles. The van der Waals surface area contributed by atoms with E-state index in [1.807, 2.05) is 59.7 Å². The average Bonchev–Trinajstić information content (AvgIpc) is 3.48. The first-order valence-corrected chi connectivity index (χ1v) is 17.8. The number of carbonyl (C=O) groups is 1. The number of aliphatic hydroxyl groups is 1. The van der Waals surface area contributed by atoms with Crippen LogP contribution in [-0.2, 0) is 30.3 Å². The van der Waals surface area contributed by atoms with Gasteiger partial charge in [0.2, 0.25) is 0 Å². The number of aromatic nitrogens is 1. The Kier molecular flexibility index (Phi) is 11.4. The number of pyridine rings is 1. The van der Waals surface area contributed by atoms with Gasteiger partial charge < -0.3 is 5.11 Å². The number of allylic oxidation sites excluding steroid dienone is 2. The van der Waals surface area contributed by atoms with E-state index in [0.717, 1.165) is 62.5 Å². The van der Waals surface area contributed by atoms with Gasteiger partial charge in [-0.05, 0) is 37.2 Å². The topological polar surface area (TPSA) is 50.2 Å². The molecule has 0 aliphatic carbocycles. The summed E-state index contributed by atoms with van der Waals surface area (Å²) in [5.41, 5.74) is 2.17. The second kappa shape index (κ2) is 14.5. The van der Waals surface area contributed by atoms with Crippen molar-refractivity contribution in [1.29, 1.82) is 0 Å². The van der Waals surface area contributed by atoms with Gasteiger partial charge in [0.25, 0.3) is 0 Å². The molecule has 0 bridgehead atoms. The Morgan fingerprint density at radius 1 is 0.837 bits per heavy atom. The number of benzene rings is 4. The van der Waals surface area contributed by atoms with Gasteiger partial charge in [-0.3, -0.25) is 9.78 Å². The molecule has 0 aliphatic rings. The van der Waals surface area contributed by atoms with E-state index in [-0.39, 0.29) is 53.3 Å². The van der Waals surface area contributed by atoms with Crippen molar-refractivity contribution in [3.05, 3.63) is 89.8 Å². The molecule has 6 aromatic rings. The molecule has 1 N–H and O–H groups in total. The minimum atomic E-state index is -0.833. The molecule has 6 rings (SSSR count). The molecule has 2 aromatic heterocycles. The zero-order valence-corrected chi connectivity index (χ0v) is 33.1. The Morgan fingerprint density at radius 2 is 1.43 bits per heavy atom. The third kappa shape index (κ3) is 6.92. The number of ketones is 1. The summed E-state index contributed by atoms with van der Waals surface area (Å²) in [7, 11) is 0. The number of halogens is 2. The van der Waals surface area contributed by atoms with Crippen LogP contribution in [0, 0.1) is 28.5 Å². The van der Waals surface area contributed by atoms with Crippen molar-refractivity contribution in [2.75, 3.05) is 0 Å². The molecular weight excluding hydrogens is 813 g/mol. The van der Waals surface area contributed by atoms with Gasteiger partial charge in [0.1, 0.15) is 5.76 Å². The zero-order chi connectivity index (χ0) is 35.2. The third-order valence-corrected chi connectivity index (χ3v) is 11.8. The van der Waals surface area contributed by atoms with E-state index in [1.54, 1.807) is 12.1 Å². The van der Waals surface area contributed by atoms with Crippen LogP contribution in [0.5, 0.6) is 0 Å². The van der Waals surface area contributed by atoms with E-state index in [2.05, 4.69) is 50.0 Å². The van der Waals surface area contributed by atoms with Gasteiger partial charge in [-0.25, -0.2) is 8.78 Å². The van der Waals surface area contributed by atoms with Gasteiger partial charge in [0.15, 0.2) is 17.4 Å². The summed E-state index contributed by atoms with van der Waals surface area (Å²) in [6.45, 7) is 18.7. The second-order valence-electron chi connectivity index (χ2n) is 14.5. The maximum absolute atomic E-state index is 14.9. The van der Waals surface area contributed by atoms with Gasteiger partial charge in [-0.1, -0.05) is 104 Å². The maximum atomic E-state index is 14.9. The van der Waals surface area contributed by atoms with Crippen molar-refractivity contribution in [2.45, 2.75) is 93.4 Å². The van der Waals surface area contributed by atoms with E-state index in [1.165, 1.54) is 34.6 Å². The van der Waals surface area contributed by atoms with Crippen molar-refractivity contribution in [1.82, 2.24) is 4.98 Å². The molecule has 0 saturated heterocycles. The summed E-state index contributed by atoms with van der Waals surface area (Å²) in [5, 5.41) is 14.4. The minimum absolute atomic E-state index is 0. The van der Waals surface area contributed by atoms with Crippen molar-refractivity contribution in [2.24, 2.45) is 10.8 Å². The van der Waals surface area contributed by atoms with E-state index in [4.69, 9.17) is 0 Å². The van der Waals surface area contributed by atoms with Crippen molar-refractivity contribution in [3.63, 3.8) is 0 Å². The molecule has 3 nitrogen and oxygen atoms in total. The molecule has 7 heteroatoms. The first-order chi connectivity index (χ1) is 22.6. The Hall–Kier alpha value is -3.25. The van der Waals surface area contributed by atoms with Gasteiger partial charge in [0, 0.05) is 79.8 Å². The number of carbonyl (C=O) groups excluding carboxylic acids is 1. The Bertz CT molecular complexity index is 2150. The van der Waals surface area contributed by atoms with Crippen LogP contribution in [0.4, 0.5) is 8.78 Å². The predicted octanol–water partition coefficient (Wildman–Crippen LogP) is 12.9. The number of hydrogen-bond donors (Lipinski definition) is 1. The van der Waals surface area contributed by atoms with Crippen molar-refractivity contribution >= 4 is 58.8 Å². The third-order valence-electron chi connectivity index (χ3n) is 10.6. The van der Waals surface area contributed by atoms with Crippen LogP contribution in [0.15, 0.2) is 66.6 Å². The van der Waals surface area contributed by atoms with E-state index in [9.17, 15) is 18.7 Å². The zero-order valence-electron chi connectivity index (χ0n) is 29.9. The first kappa shape index (κ1) is 38.5. The Balaban J connectivity index is 0.000000260. The van der Waals surface area contributed by atoms with Gasteiger partial charge in [-0.2, -0.15) is 0 Å². The van der Waals surface area contributed by atoms with Gasteiger partial charge >= 0.3 is 0 Å². The molecule has 0 aliphatic heterocycles. The number of nitrogens with zero attached hydrogens (tertiary/aromatic N) is 1. The SMILES string of the molecule is CC(C)(C)c1cc(-c2ncc3c(F)c(F)c4cccc5sc2c3c54)[c-]c2ccccc12.CCC(C)(CC)C(=O)/C=C(\O)C(C)(CC)CC.[Ir]. The number of fused-ring (bicyclic) bond motifs is 1. The predicted molar refractivity (Wildman–Crippen MR) is 199 cm³/mol. The first-order valence-electron chi connectivity index (χ1n) is 17.0. The normalized spacial score (nSPS) is 12.8. The van der Waals surface area contributed by atoms with Crippen LogP contribution in [0.25, 0.3) is 53.0 Å². The molecule has 4 aromatic carbocycles. The molecular formula is C42H46F2IrNO2S-. The summed E-state index contributed by atoms with van der Waals surface area (Å²) in [4.78, 5) is 16.8. The minimum Gasteiger partial charge on any atom is -0.512 e. The van der Waals surface area contributed by atoms with Crippen molar-refractivity contribution < 1.29 is 38.8 Å². The number of hydrogen-bond acceptors (Lipinski definition) is 4. The van der Waals surface area contributed by atoms with Gasteiger partial charge in [0.05, 0.1) is 0 Å². The molecule has 0 spiro atoms. The van der Waals surface area contributed by atoms with Crippen LogP contribution in [-0.4, -0.2) is 15.9 Å². The molecule has 0 amide bonds. The quantitative estimate of drug-likeness (QED) is 0.0718. The largest absolute Gasteiger partial charge is 0.512 e. The molecule has 1 radical (unpaired) electrons. The van der Waals surface area contributed by atoms with Crippen LogP contribution in [0.1, 0.15) is 93.6 Å². The standard InChI is InChI=1S/C27H18F2NS.C15H28O2.Ir/c1-27(2,3)19-12-15(11-14-7-4-5-8-16(14)19)25-26-22-18(13-30-25)24(29)23(28)17-9-6-10-20(31-26)21(17)22;1-7-14(5,8-2)12(16)11-13(17)15(6,9-3)10-4;/h4-10,12-13H,1-3H3;11,16H,7-10H2,1-6H3;/q-1;;/b;12-11-;. The maximum Gasteiger partial charge on any atom is 0.168 e. The van der Waals surface area contributed by atoms with E-state index in [0.29, 0.717) is 5.39 Å². The second-order valence-corrected chi connectivity index (χ2v) is 15.5.